The molecule has 10 heavy (non-hydrogen) atoms. The van der Waals surface area contributed by atoms with Gasteiger partial charge < -0.3 is 0 Å². The van der Waals surface area contributed by atoms with E-state index in [4.69, 9.17) is 23.2 Å². The number of halogens is 2. The molecule has 0 aliphatic rings. The summed E-state index contributed by atoms with van der Waals surface area (Å²) in [5, 5.41) is 0. The van der Waals surface area contributed by atoms with Crippen LogP contribution < -0.4 is 0 Å². The van der Waals surface area contributed by atoms with Crippen molar-refractivity contribution in [1.82, 2.24) is 0 Å². The largest absolute Gasteiger partial charge is 0.299 e. The lowest BCUT2D eigenvalue weighted by Gasteiger charge is -1.73. The summed E-state index contributed by atoms with van der Waals surface area (Å²) in [6.45, 7) is 0. The molecule has 54 valence electrons. The third-order valence-corrected chi connectivity index (χ3v) is 0.886. The van der Waals surface area contributed by atoms with Gasteiger partial charge in [-0.15, -0.1) is 0 Å². The van der Waals surface area contributed by atoms with E-state index in [0.29, 0.717) is 6.29 Å². The van der Waals surface area contributed by atoms with E-state index in [9.17, 15) is 4.79 Å². The molecule has 0 spiro atoms. The van der Waals surface area contributed by atoms with Gasteiger partial charge >= 0.3 is 0 Å². The number of rotatable bonds is 3. The smallest absolute Gasteiger partial charge is 0.142 e. The Hall–Kier alpha value is -0.530. The summed E-state index contributed by atoms with van der Waals surface area (Å²) >= 11 is 10.5. The van der Waals surface area contributed by atoms with E-state index in [1.54, 1.807) is 18.2 Å². The molecule has 3 heteroatoms. The molecule has 0 aromatic rings. The van der Waals surface area contributed by atoms with Crippen molar-refractivity contribution in [2.75, 3.05) is 0 Å². The molecule has 0 unspecified atom stereocenters. The maximum Gasteiger partial charge on any atom is 0.142 e. The maximum atomic E-state index is 9.71. The molecule has 0 aromatic carbocycles. The Morgan fingerprint density at radius 3 is 2.10 bits per heavy atom. The normalized spacial score (nSPS) is 10.6. The lowest BCUT2D eigenvalue weighted by molar-refractivity contribution is -0.104. The summed E-state index contributed by atoms with van der Waals surface area (Å²) in [4.78, 5) is 9.71. The molecule has 0 aromatic heterocycles. The summed E-state index contributed by atoms with van der Waals surface area (Å²) in [5.41, 5.74) is 0. The lowest BCUT2D eigenvalue weighted by Crippen LogP contribution is -1.56. The molecule has 0 atom stereocenters. The van der Waals surface area contributed by atoms with Gasteiger partial charge in [0.05, 0.1) is 0 Å². The second-order valence-corrected chi connectivity index (χ2v) is 2.37. The van der Waals surface area contributed by atoms with Crippen molar-refractivity contribution in [3.05, 3.63) is 34.9 Å². The van der Waals surface area contributed by atoms with E-state index in [-0.39, 0.29) is 4.49 Å². The van der Waals surface area contributed by atoms with Crippen molar-refractivity contribution in [1.29, 1.82) is 0 Å². The van der Waals surface area contributed by atoms with Crippen LogP contribution in [0.4, 0.5) is 0 Å². The number of allylic oxidation sites excluding steroid dienone is 5. The monoisotopic (exact) mass is 176 g/mol. The van der Waals surface area contributed by atoms with Gasteiger partial charge in [0.25, 0.3) is 0 Å². The summed E-state index contributed by atoms with van der Waals surface area (Å²) < 4.78 is 0.191. The first kappa shape index (κ1) is 9.47. The average molecular weight is 177 g/mol. The Morgan fingerprint density at radius 1 is 1.00 bits per heavy atom. The topological polar surface area (TPSA) is 17.1 Å². The molecule has 0 radical (unpaired) electrons. The van der Waals surface area contributed by atoms with Crippen molar-refractivity contribution in [3.8, 4) is 0 Å². The van der Waals surface area contributed by atoms with E-state index in [1.165, 1.54) is 12.2 Å². The highest BCUT2D eigenvalue weighted by Gasteiger charge is 1.73. The molecule has 1 nitrogen and oxygen atoms in total. The molecule has 0 saturated heterocycles. The third-order valence-electron chi connectivity index (χ3n) is 0.634. The SMILES string of the molecule is O=C/C=C/C=C/C=C(Cl)Cl. The number of hydrogen-bond donors (Lipinski definition) is 0. The Kier molecular flexibility index (Phi) is 6.24. The van der Waals surface area contributed by atoms with Crippen LogP contribution in [0.15, 0.2) is 34.9 Å². The van der Waals surface area contributed by atoms with Crippen LogP contribution >= 0.6 is 23.2 Å². The standard InChI is InChI=1S/C7H6Cl2O/c8-7(9)5-3-1-2-4-6-10/h1-6H/b3-1+,4-2+. The van der Waals surface area contributed by atoms with Crippen LogP contribution in [0.3, 0.4) is 0 Å². The van der Waals surface area contributed by atoms with E-state index >= 15 is 0 Å². The minimum atomic E-state index is 0.191. The van der Waals surface area contributed by atoms with Crippen LogP contribution in [0.1, 0.15) is 0 Å². The van der Waals surface area contributed by atoms with Gasteiger partial charge in [0.2, 0.25) is 0 Å². The summed E-state index contributed by atoms with van der Waals surface area (Å²) in [7, 11) is 0. The maximum absolute atomic E-state index is 9.71. The molecule has 0 bridgehead atoms. The van der Waals surface area contributed by atoms with Gasteiger partial charge in [0.1, 0.15) is 10.8 Å². The number of carbonyl (C=O) groups excluding carboxylic acids is 1. The second kappa shape index (κ2) is 6.59. The number of hydrogen-bond acceptors (Lipinski definition) is 1. The Bertz CT molecular complexity index is 176. The predicted molar refractivity (Wildman–Crippen MR) is 44.1 cm³/mol. The first-order valence-electron chi connectivity index (χ1n) is 2.57. The molecule has 0 rings (SSSR count). The number of carbonyl (C=O) groups is 1. The third kappa shape index (κ3) is 7.47. The zero-order valence-electron chi connectivity index (χ0n) is 5.13. The minimum Gasteiger partial charge on any atom is -0.299 e. The molecule has 0 heterocycles. The summed E-state index contributed by atoms with van der Waals surface area (Å²) in [5.74, 6) is 0. The fraction of sp³-hybridized carbons (Fsp3) is 0. The van der Waals surface area contributed by atoms with Crippen molar-refractivity contribution in [3.63, 3.8) is 0 Å². The molecule has 0 fully saturated rings. The van der Waals surface area contributed by atoms with Gasteiger partial charge in [-0.3, -0.25) is 4.79 Å². The van der Waals surface area contributed by atoms with Gasteiger partial charge in [-0.2, -0.15) is 0 Å². The molecule has 0 N–H and O–H groups in total. The van der Waals surface area contributed by atoms with E-state index in [2.05, 4.69) is 0 Å². The Morgan fingerprint density at radius 2 is 1.60 bits per heavy atom. The van der Waals surface area contributed by atoms with Crippen molar-refractivity contribution >= 4 is 29.5 Å². The zero-order chi connectivity index (χ0) is 7.82. The highest BCUT2D eigenvalue weighted by molar-refractivity contribution is 6.55. The van der Waals surface area contributed by atoms with E-state index < -0.39 is 0 Å². The highest BCUT2D eigenvalue weighted by atomic mass is 35.5. The van der Waals surface area contributed by atoms with Gasteiger partial charge in [0.15, 0.2) is 0 Å². The minimum absolute atomic E-state index is 0.191. The quantitative estimate of drug-likeness (QED) is 0.368. The first-order chi connectivity index (χ1) is 4.77. The van der Waals surface area contributed by atoms with Crippen LogP contribution in [0.25, 0.3) is 0 Å². The van der Waals surface area contributed by atoms with E-state index in [1.807, 2.05) is 0 Å². The Balaban J connectivity index is 3.67. The van der Waals surface area contributed by atoms with Crippen molar-refractivity contribution in [2.24, 2.45) is 0 Å². The fourth-order valence-electron chi connectivity index (χ4n) is 0.302. The van der Waals surface area contributed by atoms with E-state index in [0.717, 1.165) is 0 Å². The molecule has 0 aliphatic heterocycles. The molecular weight excluding hydrogens is 171 g/mol. The molecule has 0 amide bonds. The van der Waals surface area contributed by atoms with Gasteiger partial charge in [0, 0.05) is 0 Å². The Labute approximate surface area is 69.6 Å². The molecule has 0 saturated carbocycles. The first-order valence-corrected chi connectivity index (χ1v) is 3.32. The average Bonchev–Trinajstić information content (AvgIpc) is 1.87. The van der Waals surface area contributed by atoms with Crippen LogP contribution in [0.5, 0.6) is 0 Å². The van der Waals surface area contributed by atoms with Crippen molar-refractivity contribution in [2.45, 2.75) is 0 Å². The van der Waals surface area contributed by atoms with Crippen LogP contribution in [0, 0.1) is 0 Å². The van der Waals surface area contributed by atoms with Crippen LogP contribution in [-0.2, 0) is 4.79 Å². The fourth-order valence-corrected chi connectivity index (χ4v) is 0.447. The molecular formula is C7H6Cl2O. The lowest BCUT2D eigenvalue weighted by atomic mass is 10.4. The van der Waals surface area contributed by atoms with Gasteiger partial charge in [-0.25, -0.2) is 0 Å². The van der Waals surface area contributed by atoms with Crippen LogP contribution in [0.2, 0.25) is 0 Å². The number of aldehydes is 1. The highest BCUT2D eigenvalue weighted by Crippen LogP contribution is 2.05. The van der Waals surface area contributed by atoms with Gasteiger partial charge in [-0.05, 0) is 12.2 Å². The summed E-state index contributed by atoms with van der Waals surface area (Å²) in [6, 6.07) is 0. The van der Waals surface area contributed by atoms with Crippen LogP contribution in [-0.4, -0.2) is 6.29 Å². The second-order valence-electron chi connectivity index (χ2n) is 1.36. The predicted octanol–water partition coefficient (Wildman–Crippen LogP) is 2.62. The van der Waals surface area contributed by atoms with Gasteiger partial charge in [-0.1, -0.05) is 41.4 Å². The zero-order valence-corrected chi connectivity index (χ0v) is 6.64. The van der Waals surface area contributed by atoms with Crippen molar-refractivity contribution < 1.29 is 4.79 Å². The summed E-state index contributed by atoms with van der Waals surface area (Å²) in [6.07, 6.45) is 8.44. The molecule has 0 aliphatic carbocycles.